The SMILES string of the molecule is CCOP1(=O)CCC([Se]c2ccccc2)=C(c2ccccc2)O1. The normalized spacial score (nSPS) is 21.1. The van der Waals surface area contributed by atoms with E-state index in [9.17, 15) is 4.57 Å². The molecule has 0 bridgehead atoms. The van der Waals surface area contributed by atoms with Gasteiger partial charge in [-0.1, -0.05) is 0 Å². The van der Waals surface area contributed by atoms with Crippen LogP contribution in [0.3, 0.4) is 0 Å². The van der Waals surface area contributed by atoms with Crippen LogP contribution < -0.4 is 4.46 Å². The van der Waals surface area contributed by atoms with E-state index in [1.165, 1.54) is 8.93 Å². The molecule has 0 fully saturated rings. The van der Waals surface area contributed by atoms with E-state index in [4.69, 9.17) is 9.05 Å². The first-order valence-corrected chi connectivity index (χ1v) is 11.1. The molecule has 23 heavy (non-hydrogen) atoms. The Hall–Kier alpha value is -1.31. The first-order chi connectivity index (χ1) is 11.2. The molecule has 1 aliphatic heterocycles. The van der Waals surface area contributed by atoms with E-state index in [-0.39, 0.29) is 15.0 Å². The van der Waals surface area contributed by atoms with E-state index in [2.05, 4.69) is 24.3 Å². The van der Waals surface area contributed by atoms with Crippen molar-refractivity contribution in [2.24, 2.45) is 0 Å². The van der Waals surface area contributed by atoms with Gasteiger partial charge in [-0.3, -0.25) is 0 Å². The van der Waals surface area contributed by atoms with Crippen molar-refractivity contribution >= 4 is 32.8 Å². The first-order valence-electron chi connectivity index (χ1n) is 7.65. The minimum absolute atomic E-state index is 0.157. The Morgan fingerprint density at radius 1 is 1.09 bits per heavy atom. The quantitative estimate of drug-likeness (QED) is 0.568. The summed E-state index contributed by atoms with van der Waals surface area (Å²) >= 11 is 0.157. The van der Waals surface area contributed by atoms with Gasteiger partial charge in [-0.15, -0.1) is 0 Å². The van der Waals surface area contributed by atoms with Crippen molar-refractivity contribution in [3.05, 3.63) is 70.7 Å². The topological polar surface area (TPSA) is 35.5 Å². The van der Waals surface area contributed by atoms with Crippen LogP contribution in [0, 0.1) is 0 Å². The van der Waals surface area contributed by atoms with E-state index in [1.54, 1.807) is 0 Å². The van der Waals surface area contributed by atoms with Crippen molar-refractivity contribution in [2.45, 2.75) is 13.3 Å². The van der Waals surface area contributed by atoms with Crippen LogP contribution in [0.5, 0.6) is 0 Å². The Kier molecular flexibility index (Phi) is 5.40. The molecule has 0 radical (unpaired) electrons. The van der Waals surface area contributed by atoms with Gasteiger partial charge in [0.05, 0.1) is 0 Å². The average molecular weight is 393 g/mol. The van der Waals surface area contributed by atoms with Gasteiger partial charge in [-0.25, -0.2) is 0 Å². The third kappa shape index (κ3) is 4.16. The summed E-state index contributed by atoms with van der Waals surface area (Å²) in [4.78, 5) is 0. The molecule has 1 atom stereocenters. The molecule has 120 valence electrons. The standard InChI is InChI=1S/C18H19O3PSe/c1-2-20-22(19)14-13-17(23-16-11-7-4-8-12-16)18(21-22)15-9-5-3-6-10-15/h3-12H,2,13-14H2,1H3. The van der Waals surface area contributed by atoms with Crippen LogP contribution in [0.15, 0.2) is 65.1 Å². The average Bonchev–Trinajstić information content (AvgIpc) is 2.59. The van der Waals surface area contributed by atoms with Gasteiger partial charge in [0, 0.05) is 0 Å². The predicted molar refractivity (Wildman–Crippen MR) is 95.0 cm³/mol. The maximum absolute atomic E-state index is 12.7. The summed E-state index contributed by atoms with van der Waals surface area (Å²) in [6.45, 7) is 2.25. The molecule has 0 saturated heterocycles. The molecule has 0 saturated carbocycles. The zero-order valence-electron chi connectivity index (χ0n) is 13.0. The van der Waals surface area contributed by atoms with Crippen molar-refractivity contribution in [1.29, 1.82) is 0 Å². The molecule has 1 unspecified atom stereocenters. The van der Waals surface area contributed by atoms with E-state index in [1.807, 2.05) is 43.3 Å². The van der Waals surface area contributed by atoms with Gasteiger partial charge in [0.1, 0.15) is 0 Å². The van der Waals surface area contributed by atoms with Crippen LogP contribution in [-0.4, -0.2) is 27.7 Å². The third-order valence-corrected chi connectivity index (χ3v) is 7.73. The monoisotopic (exact) mass is 394 g/mol. The molecule has 1 heterocycles. The summed E-state index contributed by atoms with van der Waals surface area (Å²) in [6, 6.07) is 20.3. The fourth-order valence-corrected chi connectivity index (χ4v) is 6.71. The molecule has 0 amide bonds. The number of benzene rings is 2. The van der Waals surface area contributed by atoms with E-state index in [0.717, 1.165) is 17.7 Å². The molecule has 0 aromatic heterocycles. The van der Waals surface area contributed by atoms with Gasteiger partial charge in [0.2, 0.25) is 0 Å². The number of hydrogen-bond acceptors (Lipinski definition) is 3. The molecule has 2 aromatic rings. The number of allylic oxidation sites excluding steroid dienone is 1. The second-order valence-electron chi connectivity index (χ2n) is 5.13. The van der Waals surface area contributed by atoms with E-state index >= 15 is 0 Å². The molecule has 3 rings (SSSR count). The molecule has 0 spiro atoms. The van der Waals surface area contributed by atoms with Gasteiger partial charge >= 0.3 is 143 Å². The molecule has 3 nitrogen and oxygen atoms in total. The third-order valence-electron chi connectivity index (χ3n) is 3.44. The molecular formula is C18H19O3PSe. The fraction of sp³-hybridized carbons (Fsp3) is 0.222. The maximum atomic E-state index is 12.7. The summed E-state index contributed by atoms with van der Waals surface area (Å²) in [7, 11) is -3.02. The van der Waals surface area contributed by atoms with Crippen LogP contribution in [-0.2, 0) is 13.6 Å². The Bertz CT molecular complexity index is 728. The van der Waals surface area contributed by atoms with Crippen LogP contribution in [0.1, 0.15) is 18.9 Å². The van der Waals surface area contributed by atoms with Crippen LogP contribution in [0.4, 0.5) is 0 Å². The number of hydrogen-bond donors (Lipinski definition) is 0. The van der Waals surface area contributed by atoms with Gasteiger partial charge in [-0.05, 0) is 0 Å². The van der Waals surface area contributed by atoms with E-state index < -0.39 is 7.60 Å². The zero-order valence-corrected chi connectivity index (χ0v) is 15.6. The van der Waals surface area contributed by atoms with Crippen molar-refractivity contribution in [2.75, 3.05) is 12.8 Å². The summed E-state index contributed by atoms with van der Waals surface area (Å²) in [5, 5.41) is 0. The summed E-state index contributed by atoms with van der Waals surface area (Å²) in [5.74, 6) is 0.748. The van der Waals surface area contributed by atoms with Crippen LogP contribution in [0.2, 0.25) is 0 Å². The van der Waals surface area contributed by atoms with Crippen molar-refractivity contribution in [1.82, 2.24) is 0 Å². The second kappa shape index (κ2) is 7.51. The summed E-state index contributed by atoms with van der Waals surface area (Å²) < 4.78 is 26.6. The fourth-order valence-electron chi connectivity index (χ4n) is 2.41. The Balaban J connectivity index is 1.97. The van der Waals surface area contributed by atoms with Gasteiger partial charge in [-0.2, -0.15) is 0 Å². The molecule has 5 heteroatoms. The summed E-state index contributed by atoms with van der Waals surface area (Å²) in [6.07, 6.45) is 1.22. The summed E-state index contributed by atoms with van der Waals surface area (Å²) in [5.41, 5.74) is 0.972. The number of rotatable bonds is 5. The van der Waals surface area contributed by atoms with Crippen molar-refractivity contribution in [3.8, 4) is 0 Å². The Labute approximate surface area is 143 Å². The second-order valence-corrected chi connectivity index (χ2v) is 9.69. The van der Waals surface area contributed by atoms with Gasteiger partial charge in [0.15, 0.2) is 0 Å². The molecule has 0 N–H and O–H groups in total. The van der Waals surface area contributed by atoms with Crippen LogP contribution >= 0.6 is 7.60 Å². The Morgan fingerprint density at radius 3 is 2.39 bits per heavy atom. The zero-order chi connectivity index (χ0) is 16.1. The van der Waals surface area contributed by atoms with E-state index in [0.29, 0.717) is 12.8 Å². The van der Waals surface area contributed by atoms with Crippen molar-refractivity contribution in [3.63, 3.8) is 0 Å². The molecular weight excluding hydrogens is 374 g/mol. The minimum atomic E-state index is -3.02. The Morgan fingerprint density at radius 2 is 1.74 bits per heavy atom. The predicted octanol–water partition coefficient (Wildman–Crippen LogP) is 4.03. The van der Waals surface area contributed by atoms with Crippen LogP contribution in [0.25, 0.3) is 5.76 Å². The molecule has 1 aliphatic rings. The van der Waals surface area contributed by atoms with Gasteiger partial charge < -0.3 is 0 Å². The first kappa shape index (κ1) is 16.5. The molecule has 2 aromatic carbocycles. The van der Waals surface area contributed by atoms with Crippen molar-refractivity contribution < 1.29 is 13.6 Å². The molecule has 0 aliphatic carbocycles. The van der Waals surface area contributed by atoms with Gasteiger partial charge in [0.25, 0.3) is 0 Å².